The highest BCUT2D eigenvalue weighted by Crippen LogP contribution is 2.43. The molecule has 1 aromatic carbocycles. The monoisotopic (exact) mass is 244 g/mol. The van der Waals surface area contributed by atoms with Crippen LogP contribution in [-0.2, 0) is 16.5 Å². The predicted molar refractivity (Wildman–Crippen MR) is 58.6 cm³/mol. The number of hydrogen-bond acceptors (Lipinski definition) is 1. The Hall–Kier alpha value is -1.03. The van der Waals surface area contributed by atoms with Crippen molar-refractivity contribution in [2.45, 2.75) is 37.5 Å². The summed E-state index contributed by atoms with van der Waals surface area (Å²) in [6, 6.07) is 5.50. The second-order valence-electron chi connectivity index (χ2n) is 4.48. The quantitative estimate of drug-likeness (QED) is 0.760. The van der Waals surface area contributed by atoms with E-state index in [0.29, 0.717) is 5.56 Å². The first-order valence-electron chi connectivity index (χ1n) is 5.71. The van der Waals surface area contributed by atoms with Crippen molar-refractivity contribution in [3.8, 4) is 0 Å². The molecule has 0 bridgehead atoms. The third-order valence-electron chi connectivity index (χ3n) is 3.52. The fourth-order valence-corrected chi connectivity index (χ4v) is 2.54. The third-order valence-corrected chi connectivity index (χ3v) is 3.52. The molecule has 0 spiro atoms. The lowest BCUT2D eigenvalue weighted by atomic mass is 9.90. The Labute approximate surface area is 98.6 Å². The van der Waals surface area contributed by atoms with Crippen LogP contribution in [0.1, 0.15) is 36.8 Å². The van der Waals surface area contributed by atoms with Crippen LogP contribution in [0, 0.1) is 0 Å². The van der Waals surface area contributed by atoms with E-state index >= 15 is 0 Å². The molecule has 0 atom stereocenters. The van der Waals surface area contributed by atoms with Gasteiger partial charge in [0.05, 0.1) is 11.2 Å². The van der Waals surface area contributed by atoms with Gasteiger partial charge in [-0.2, -0.15) is 13.2 Å². The molecule has 0 heterocycles. The molecular formula is C13H15F3O. The summed E-state index contributed by atoms with van der Waals surface area (Å²) in [7, 11) is 1.57. The van der Waals surface area contributed by atoms with E-state index in [-0.39, 0.29) is 0 Å². The third kappa shape index (κ3) is 2.32. The molecule has 1 aliphatic carbocycles. The number of hydrogen-bond donors (Lipinski definition) is 0. The number of ether oxygens (including phenoxy) is 1. The van der Waals surface area contributed by atoms with E-state index in [1.807, 2.05) is 0 Å². The molecule has 1 saturated carbocycles. The topological polar surface area (TPSA) is 9.23 Å². The lowest BCUT2D eigenvalue weighted by Gasteiger charge is -2.28. The van der Waals surface area contributed by atoms with Crippen molar-refractivity contribution in [3.63, 3.8) is 0 Å². The van der Waals surface area contributed by atoms with Crippen LogP contribution in [0.25, 0.3) is 0 Å². The van der Waals surface area contributed by atoms with Crippen LogP contribution >= 0.6 is 0 Å². The van der Waals surface area contributed by atoms with Gasteiger partial charge in [-0.25, -0.2) is 0 Å². The summed E-state index contributed by atoms with van der Waals surface area (Å²) < 4.78 is 43.4. The van der Waals surface area contributed by atoms with Crippen molar-refractivity contribution in [2.75, 3.05) is 7.11 Å². The zero-order valence-electron chi connectivity index (χ0n) is 9.68. The standard InChI is InChI=1S/C13H15F3O/c1-17-12(7-2-3-8-12)10-5-4-6-11(9-10)13(14,15)16/h4-6,9H,2-3,7-8H2,1H3. The lowest BCUT2D eigenvalue weighted by molar-refractivity contribution is -0.137. The molecule has 0 aromatic heterocycles. The molecule has 1 nitrogen and oxygen atoms in total. The Kier molecular flexibility index (Phi) is 3.17. The maximum Gasteiger partial charge on any atom is 0.416 e. The highest BCUT2D eigenvalue weighted by Gasteiger charge is 2.38. The fourth-order valence-electron chi connectivity index (χ4n) is 2.54. The molecule has 94 valence electrons. The molecule has 4 heteroatoms. The van der Waals surface area contributed by atoms with Crippen LogP contribution in [0.2, 0.25) is 0 Å². The Morgan fingerprint density at radius 2 is 1.82 bits per heavy atom. The number of methoxy groups -OCH3 is 1. The minimum atomic E-state index is -4.29. The SMILES string of the molecule is COC1(c2cccc(C(F)(F)F)c2)CCCC1. The number of halogens is 3. The number of benzene rings is 1. The van der Waals surface area contributed by atoms with Crippen LogP contribution in [0.5, 0.6) is 0 Å². The Morgan fingerprint density at radius 3 is 2.35 bits per heavy atom. The lowest BCUT2D eigenvalue weighted by Crippen LogP contribution is -2.24. The minimum Gasteiger partial charge on any atom is -0.374 e. The van der Waals surface area contributed by atoms with Gasteiger partial charge < -0.3 is 4.74 Å². The molecule has 0 radical (unpaired) electrons. The van der Waals surface area contributed by atoms with Crippen molar-refractivity contribution in [3.05, 3.63) is 35.4 Å². The van der Waals surface area contributed by atoms with Crippen molar-refractivity contribution < 1.29 is 17.9 Å². The maximum atomic E-state index is 12.6. The Bertz CT molecular complexity index is 392. The van der Waals surface area contributed by atoms with E-state index in [9.17, 15) is 13.2 Å². The van der Waals surface area contributed by atoms with Crippen LogP contribution < -0.4 is 0 Å². The number of rotatable bonds is 2. The van der Waals surface area contributed by atoms with Crippen molar-refractivity contribution in [1.29, 1.82) is 0 Å². The smallest absolute Gasteiger partial charge is 0.374 e. The van der Waals surface area contributed by atoms with Gasteiger partial charge in [0.25, 0.3) is 0 Å². The molecule has 0 N–H and O–H groups in total. The molecule has 1 fully saturated rings. The van der Waals surface area contributed by atoms with E-state index in [4.69, 9.17) is 4.74 Å². The first-order chi connectivity index (χ1) is 7.98. The molecular weight excluding hydrogens is 229 g/mol. The Morgan fingerprint density at radius 1 is 1.18 bits per heavy atom. The summed E-state index contributed by atoms with van der Waals surface area (Å²) in [5.74, 6) is 0. The summed E-state index contributed by atoms with van der Waals surface area (Å²) in [5.41, 5.74) is -0.466. The first-order valence-corrected chi connectivity index (χ1v) is 5.71. The Balaban J connectivity index is 2.39. The second kappa shape index (κ2) is 4.33. The summed E-state index contributed by atoms with van der Waals surface area (Å²) >= 11 is 0. The fraction of sp³-hybridized carbons (Fsp3) is 0.538. The summed E-state index contributed by atoms with van der Waals surface area (Å²) in [6.07, 6.45) is -0.687. The van der Waals surface area contributed by atoms with E-state index in [1.54, 1.807) is 13.2 Å². The van der Waals surface area contributed by atoms with Gasteiger partial charge in [0.2, 0.25) is 0 Å². The normalized spacial score (nSPS) is 19.5. The van der Waals surface area contributed by atoms with E-state index in [2.05, 4.69) is 0 Å². The van der Waals surface area contributed by atoms with Crippen LogP contribution in [0.3, 0.4) is 0 Å². The average molecular weight is 244 g/mol. The van der Waals surface area contributed by atoms with Gasteiger partial charge >= 0.3 is 6.18 Å². The van der Waals surface area contributed by atoms with Crippen molar-refractivity contribution in [2.24, 2.45) is 0 Å². The summed E-state index contributed by atoms with van der Waals surface area (Å²) in [6.45, 7) is 0. The zero-order chi connectivity index (χ0) is 12.5. The summed E-state index contributed by atoms with van der Waals surface area (Å²) in [4.78, 5) is 0. The molecule has 1 aromatic rings. The second-order valence-corrected chi connectivity index (χ2v) is 4.48. The molecule has 0 unspecified atom stereocenters. The van der Waals surface area contributed by atoms with E-state index in [1.165, 1.54) is 12.1 Å². The van der Waals surface area contributed by atoms with Gasteiger partial charge in [-0.3, -0.25) is 0 Å². The van der Waals surface area contributed by atoms with Gasteiger partial charge in [0.15, 0.2) is 0 Å². The van der Waals surface area contributed by atoms with Gasteiger partial charge in [-0.15, -0.1) is 0 Å². The predicted octanol–water partition coefficient (Wildman–Crippen LogP) is 4.12. The van der Waals surface area contributed by atoms with Gasteiger partial charge in [-0.1, -0.05) is 25.0 Å². The molecule has 0 saturated heterocycles. The van der Waals surface area contributed by atoms with Crippen molar-refractivity contribution >= 4 is 0 Å². The first kappa shape index (κ1) is 12.4. The molecule has 0 amide bonds. The highest BCUT2D eigenvalue weighted by molar-refractivity contribution is 5.30. The van der Waals surface area contributed by atoms with Gasteiger partial charge in [0.1, 0.15) is 0 Å². The van der Waals surface area contributed by atoms with Crippen LogP contribution in [0.4, 0.5) is 13.2 Å². The molecule has 1 aliphatic rings. The molecule has 2 rings (SSSR count). The molecule has 17 heavy (non-hydrogen) atoms. The van der Waals surface area contributed by atoms with Crippen molar-refractivity contribution in [1.82, 2.24) is 0 Å². The minimum absolute atomic E-state index is 0.513. The van der Waals surface area contributed by atoms with E-state index in [0.717, 1.165) is 31.7 Å². The highest BCUT2D eigenvalue weighted by atomic mass is 19.4. The summed E-state index contributed by atoms with van der Waals surface area (Å²) in [5, 5.41) is 0. The molecule has 0 aliphatic heterocycles. The zero-order valence-corrected chi connectivity index (χ0v) is 9.68. The van der Waals surface area contributed by atoms with Gasteiger partial charge in [-0.05, 0) is 30.5 Å². The van der Waals surface area contributed by atoms with E-state index < -0.39 is 17.3 Å². The number of alkyl halides is 3. The van der Waals surface area contributed by atoms with Crippen LogP contribution in [0.15, 0.2) is 24.3 Å². The maximum absolute atomic E-state index is 12.6. The van der Waals surface area contributed by atoms with Crippen LogP contribution in [-0.4, -0.2) is 7.11 Å². The van der Waals surface area contributed by atoms with Gasteiger partial charge in [0, 0.05) is 7.11 Å². The average Bonchev–Trinajstić information content (AvgIpc) is 2.78. The largest absolute Gasteiger partial charge is 0.416 e.